The van der Waals surface area contributed by atoms with Crippen LogP contribution in [0.3, 0.4) is 0 Å². The number of ether oxygens (including phenoxy) is 5. The molecule has 0 bridgehead atoms. The number of esters is 2. The predicted molar refractivity (Wildman–Crippen MR) is 128 cm³/mol. The molecule has 2 aliphatic heterocycles. The van der Waals surface area contributed by atoms with Crippen LogP contribution in [0, 0.1) is 0 Å². The summed E-state index contributed by atoms with van der Waals surface area (Å²) in [6.45, 7) is 5.80. The average molecular weight is 481 g/mol. The second kappa shape index (κ2) is 9.90. The third kappa shape index (κ3) is 5.45. The zero-order valence-electron chi connectivity index (χ0n) is 20.5. The van der Waals surface area contributed by atoms with E-state index in [0.717, 1.165) is 29.0 Å². The van der Waals surface area contributed by atoms with Gasteiger partial charge in [-0.25, -0.2) is 0 Å². The Morgan fingerprint density at radius 2 is 1.69 bits per heavy atom. The number of carbonyl (C=O) groups is 2. The third-order valence-corrected chi connectivity index (χ3v) is 6.74. The first-order chi connectivity index (χ1) is 16.9. The summed E-state index contributed by atoms with van der Waals surface area (Å²) in [4.78, 5) is 23.7. The lowest BCUT2D eigenvalue weighted by atomic mass is 9.89. The van der Waals surface area contributed by atoms with Crippen LogP contribution in [0.2, 0.25) is 0 Å². The van der Waals surface area contributed by atoms with E-state index in [4.69, 9.17) is 23.7 Å². The second-order valence-corrected chi connectivity index (χ2v) is 9.71. The number of fused-ring (bicyclic) bond motifs is 1. The maximum absolute atomic E-state index is 11.9. The molecular formula is C28H32O7. The molecule has 4 atom stereocenters. The fraction of sp³-hybridized carbons (Fsp3) is 0.500. The van der Waals surface area contributed by atoms with E-state index >= 15 is 0 Å². The fourth-order valence-electron chi connectivity index (χ4n) is 5.13. The molecule has 0 amide bonds. The van der Waals surface area contributed by atoms with Gasteiger partial charge in [0.05, 0.1) is 6.10 Å². The van der Waals surface area contributed by atoms with Gasteiger partial charge in [0.15, 0.2) is 17.6 Å². The first-order valence-electron chi connectivity index (χ1n) is 12.4. The number of rotatable bonds is 6. The highest BCUT2D eigenvalue weighted by atomic mass is 16.6. The molecule has 186 valence electrons. The van der Waals surface area contributed by atoms with Gasteiger partial charge in [0.2, 0.25) is 0 Å². The minimum atomic E-state index is -0.707. The highest BCUT2D eigenvalue weighted by molar-refractivity contribution is 5.67. The SMILES string of the molecule is CC(=O)O[C@@H]1[C@@H](OC(C)=O)C[C@@H](C)O[C@H]1c1ccc(C2CC2)c(Cc2ccc3c(c2)OCCO3)c1. The molecule has 2 fully saturated rings. The van der Waals surface area contributed by atoms with Gasteiger partial charge in [0, 0.05) is 20.3 Å². The van der Waals surface area contributed by atoms with Gasteiger partial charge < -0.3 is 23.7 Å². The molecule has 35 heavy (non-hydrogen) atoms. The standard InChI is InChI=1S/C28H32O7/c1-16-12-26(34-17(2)29)28(35-18(3)30)27(33-16)21-7-8-23(20-5-6-20)22(15-21)13-19-4-9-24-25(14-19)32-11-10-31-24/h4,7-9,14-16,20,26-28H,5-6,10-13H2,1-3H3/t16-,26+,27+,28-/m1/s1. The van der Waals surface area contributed by atoms with Gasteiger partial charge >= 0.3 is 11.9 Å². The molecule has 0 N–H and O–H groups in total. The Balaban J connectivity index is 1.47. The highest BCUT2D eigenvalue weighted by Crippen LogP contribution is 2.44. The van der Waals surface area contributed by atoms with E-state index in [-0.39, 0.29) is 6.10 Å². The lowest BCUT2D eigenvalue weighted by Gasteiger charge is -2.40. The van der Waals surface area contributed by atoms with E-state index in [1.54, 1.807) is 0 Å². The highest BCUT2D eigenvalue weighted by Gasteiger charge is 2.43. The summed E-state index contributed by atoms with van der Waals surface area (Å²) in [6, 6.07) is 12.5. The molecule has 2 heterocycles. The minimum Gasteiger partial charge on any atom is -0.486 e. The summed E-state index contributed by atoms with van der Waals surface area (Å²) >= 11 is 0. The summed E-state index contributed by atoms with van der Waals surface area (Å²) in [5.41, 5.74) is 4.61. The van der Waals surface area contributed by atoms with Crippen molar-refractivity contribution in [2.45, 2.75) is 76.8 Å². The first-order valence-corrected chi connectivity index (χ1v) is 12.4. The zero-order chi connectivity index (χ0) is 24.5. The van der Waals surface area contributed by atoms with Gasteiger partial charge in [-0.3, -0.25) is 9.59 Å². The van der Waals surface area contributed by atoms with E-state index in [0.29, 0.717) is 25.6 Å². The number of hydrogen-bond donors (Lipinski definition) is 0. The number of benzene rings is 2. The zero-order valence-corrected chi connectivity index (χ0v) is 20.5. The Morgan fingerprint density at radius 1 is 0.943 bits per heavy atom. The normalized spacial score (nSPS) is 25.6. The lowest BCUT2D eigenvalue weighted by molar-refractivity contribution is -0.206. The van der Waals surface area contributed by atoms with Crippen LogP contribution in [0.1, 0.15) is 74.3 Å². The van der Waals surface area contributed by atoms with Crippen molar-refractivity contribution in [1.82, 2.24) is 0 Å². The van der Waals surface area contributed by atoms with Crippen LogP contribution in [0.25, 0.3) is 0 Å². The van der Waals surface area contributed by atoms with Crippen molar-refractivity contribution < 1.29 is 33.3 Å². The maximum atomic E-state index is 11.9. The molecular weight excluding hydrogens is 448 g/mol. The predicted octanol–water partition coefficient (Wildman–Crippen LogP) is 4.64. The molecule has 7 nitrogen and oxygen atoms in total. The summed E-state index contributed by atoms with van der Waals surface area (Å²) in [7, 11) is 0. The van der Waals surface area contributed by atoms with Crippen LogP contribution in [-0.4, -0.2) is 43.5 Å². The van der Waals surface area contributed by atoms with Gasteiger partial charge in [-0.15, -0.1) is 0 Å². The van der Waals surface area contributed by atoms with Crippen molar-refractivity contribution in [2.24, 2.45) is 0 Å². The van der Waals surface area contributed by atoms with Crippen LogP contribution >= 0.6 is 0 Å². The number of hydrogen-bond acceptors (Lipinski definition) is 7. The molecule has 0 radical (unpaired) electrons. The second-order valence-electron chi connectivity index (χ2n) is 9.71. The molecule has 1 saturated carbocycles. The van der Waals surface area contributed by atoms with Crippen LogP contribution in [-0.2, 0) is 30.2 Å². The van der Waals surface area contributed by atoms with Gasteiger partial charge in [0.1, 0.15) is 25.4 Å². The molecule has 0 spiro atoms. The molecule has 0 unspecified atom stereocenters. The fourth-order valence-corrected chi connectivity index (χ4v) is 5.13. The Kier molecular flexibility index (Phi) is 6.69. The summed E-state index contributed by atoms with van der Waals surface area (Å²) < 4.78 is 29.0. The smallest absolute Gasteiger partial charge is 0.303 e. The molecule has 2 aromatic carbocycles. The Bertz CT molecular complexity index is 1110. The van der Waals surface area contributed by atoms with Crippen LogP contribution < -0.4 is 9.47 Å². The maximum Gasteiger partial charge on any atom is 0.303 e. The van der Waals surface area contributed by atoms with Crippen molar-refractivity contribution in [3.05, 3.63) is 58.7 Å². The van der Waals surface area contributed by atoms with Gasteiger partial charge in [-0.2, -0.15) is 0 Å². The van der Waals surface area contributed by atoms with Crippen molar-refractivity contribution in [2.75, 3.05) is 13.2 Å². The van der Waals surface area contributed by atoms with Crippen LogP contribution in [0.15, 0.2) is 36.4 Å². The van der Waals surface area contributed by atoms with Crippen LogP contribution in [0.5, 0.6) is 11.5 Å². The molecule has 7 heteroatoms. The molecule has 1 saturated heterocycles. The van der Waals surface area contributed by atoms with Crippen molar-refractivity contribution >= 4 is 11.9 Å². The van der Waals surface area contributed by atoms with Crippen LogP contribution in [0.4, 0.5) is 0 Å². The minimum absolute atomic E-state index is 0.152. The van der Waals surface area contributed by atoms with Crippen molar-refractivity contribution in [3.8, 4) is 11.5 Å². The Hall–Kier alpha value is -3.06. The Labute approximate surface area is 205 Å². The number of carbonyl (C=O) groups excluding carboxylic acids is 2. The van der Waals surface area contributed by atoms with E-state index in [9.17, 15) is 9.59 Å². The van der Waals surface area contributed by atoms with Crippen molar-refractivity contribution in [1.29, 1.82) is 0 Å². The van der Waals surface area contributed by atoms with E-state index in [1.165, 1.54) is 37.8 Å². The Morgan fingerprint density at radius 3 is 2.40 bits per heavy atom. The van der Waals surface area contributed by atoms with Crippen molar-refractivity contribution in [3.63, 3.8) is 0 Å². The average Bonchev–Trinajstić information content (AvgIpc) is 3.65. The van der Waals surface area contributed by atoms with E-state index in [2.05, 4.69) is 30.3 Å². The lowest BCUT2D eigenvalue weighted by Crippen LogP contribution is -2.47. The summed E-state index contributed by atoms with van der Waals surface area (Å²) in [5.74, 6) is 1.30. The quantitative estimate of drug-likeness (QED) is 0.557. The van der Waals surface area contributed by atoms with E-state index in [1.807, 2.05) is 13.0 Å². The van der Waals surface area contributed by atoms with E-state index < -0.39 is 30.3 Å². The monoisotopic (exact) mass is 480 g/mol. The largest absolute Gasteiger partial charge is 0.486 e. The molecule has 5 rings (SSSR count). The van der Waals surface area contributed by atoms with Gasteiger partial charge in [-0.05, 0) is 66.5 Å². The van der Waals surface area contributed by atoms with Gasteiger partial charge in [-0.1, -0.05) is 24.3 Å². The summed E-state index contributed by atoms with van der Waals surface area (Å²) in [6.07, 6.45) is 1.64. The third-order valence-electron chi connectivity index (χ3n) is 6.74. The topological polar surface area (TPSA) is 80.3 Å². The molecule has 2 aromatic rings. The molecule has 0 aromatic heterocycles. The van der Waals surface area contributed by atoms with Gasteiger partial charge in [0.25, 0.3) is 0 Å². The molecule has 3 aliphatic rings. The molecule has 1 aliphatic carbocycles. The summed E-state index contributed by atoms with van der Waals surface area (Å²) in [5, 5.41) is 0. The first kappa shape index (κ1) is 23.7.